The first kappa shape index (κ1) is 23.6. The number of methoxy groups -OCH3 is 1. The van der Waals surface area contributed by atoms with Gasteiger partial charge in [-0.15, -0.1) is 0 Å². The van der Waals surface area contributed by atoms with Crippen molar-refractivity contribution in [2.75, 3.05) is 26.8 Å². The first-order chi connectivity index (χ1) is 16.4. The molecule has 1 atom stereocenters. The number of piperidine rings is 1. The van der Waals surface area contributed by atoms with E-state index >= 15 is 0 Å². The quantitative estimate of drug-likeness (QED) is 0.511. The highest BCUT2D eigenvalue weighted by molar-refractivity contribution is 5.83. The molecule has 4 rings (SSSR count). The van der Waals surface area contributed by atoms with Gasteiger partial charge in [-0.05, 0) is 69.6 Å². The second-order valence-corrected chi connectivity index (χ2v) is 8.36. The minimum atomic E-state index is -0.320. The number of likely N-dealkylation sites (tertiary alicyclic amines) is 1. The first-order valence-electron chi connectivity index (χ1n) is 11.4. The van der Waals surface area contributed by atoms with Crippen molar-refractivity contribution in [3.63, 3.8) is 0 Å². The Labute approximate surface area is 197 Å². The van der Waals surface area contributed by atoms with E-state index in [-0.39, 0.29) is 28.8 Å². The van der Waals surface area contributed by atoms with Gasteiger partial charge >= 0.3 is 5.97 Å². The Kier molecular flexibility index (Phi) is 7.07. The Hall–Kier alpha value is -3.52. The summed E-state index contributed by atoms with van der Waals surface area (Å²) < 4.78 is 22.2. The van der Waals surface area contributed by atoms with Crippen LogP contribution in [0.4, 0.5) is 0 Å². The molecule has 0 bridgehead atoms. The van der Waals surface area contributed by atoms with Crippen LogP contribution in [0.3, 0.4) is 0 Å². The third kappa shape index (κ3) is 4.87. The molecule has 1 N–H and O–H groups in total. The molecule has 1 aromatic heterocycles. The topological polar surface area (TPSA) is 98.4 Å². The molecule has 1 aliphatic heterocycles. The van der Waals surface area contributed by atoms with Gasteiger partial charge in [0, 0.05) is 13.1 Å². The van der Waals surface area contributed by atoms with Gasteiger partial charge in [0.25, 0.3) is 0 Å². The van der Waals surface area contributed by atoms with Crippen LogP contribution in [-0.2, 0) is 16.1 Å². The van der Waals surface area contributed by atoms with Crippen molar-refractivity contribution in [2.24, 2.45) is 5.92 Å². The molecular formula is C26H29NO7. The van der Waals surface area contributed by atoms with E-state index in [0.29, 0.717) is 53.5 Å². The highest BCUT2D eigenvalue weighted by Crippen LogP contribution is 2.33. The Morgan fingerprint density at radius 3 is 2.62 bits per heavy atom. The monoisotopic (exact) mass is 467 g/mol. The number of benzene rings is 2. The number of nitrogens with zero attached hydrogens (tertiary/aromatic N) is 1. The molecule has 1 aliphatic rings. The van der Waals surface area contributed by atoms with Gasteiger partial charge < -0.3 is 23.7 Å². The Bertz CT molecular complexity index is 1230. The number of rotatable bonds is 7. The van der Waals surface area contributed by atoms with Gasteiger partial charge in [0.1, 0.15) is 28.6 Å². The molecule has 1 unspecified atom stereocenters. The molecule has 0 amide bonds. The molecule has 1 fully saturated rings. The second kappa shape index (κ2) is 10.2. The molecule has 1 saturated heterocycles. The van der Waals surface area contributed by atoms with Gasteiger partial charge in [0.2, 0.25) is 11.2 Å². The summed E-state index contributed by atoms with van der Waals surface area (Å²) in [5.41, 5.74) is 0.514. The van der Waals surface area contributed by atoms with Gasteiger partial charge in [-0.1, -0.05) is 0 Å². The highest BCUT2D eigenvalue weighted by Gasteiger charge is 2.28. The molecule has 0 spiro atoms. The summed E-state index contributed by atoms with van der Waals surface area (Å²) in [6.07, 6.45) is 1.62. The Morgan fingerprint density at radius 2 is 1.91 bits per heavy atom. The van der Waals surface area contributed by atoms with Crippen molar-refractivity contribution >= 4 is 16.9 Å². The van der Waals surface area contributed by atoms with Crippen molar-refractivity contribution in [3.8, 4) is 23.0 Å². The van der Waals surface area contributed by atoms with Crippen LogP contribution in [-0.4, -0.2) is 42.8 Å². The number of ether oxygens (including phenoxy) is 3. The largest absolute Gasteiger partial charge is 0.507 e. The molecule has 0 saturated carbocycles. The molecule has 8 nitrogen and oxygen atoms in total. The minimum absolute atomic E-state index is 0.0390. The number of aryl methyl sites for hydroxylation is 1. The number of phenolic OH excluding ortho intramolecular Hbond substituents is 1. The van der Waals surface area contributed by atoms with Crippen LogP contribution in [0.15, 0.2) is 45.6 Å². The van der Waals surface area contributed by atoms with E-state index < -0.39 is 0 Å². The van der Waals surface area contributed by atoms with Crippen LogP contribution in [0.25, 0.3) is 11.0 Å². The van der Waals surface area contributed by atoms with Gasteiger partial charge in [-0.2, -0.15) is 0 Å². The standard InChI is InChI=1S/C26H29NO7/c1-4-32-26(30)17-6-5-13-27(14-17)15-21-22(28)12-11-20-23(29)24(16(2)33-25(20)21)34-19-9-7-18(31-3)8-10-19/h7-12,17,28H,4-6,13-15H2,1-3H3. The fourth-order valence-corrected chi connectivity index (χ4v) is 4.30. The molecule has 0 aliphatic carbocycles. The number of fused-ring (bicyclic) bond motifs is 1. The van der Waals surface area contributed by atoms with Gasteiger partial charge in [0.15, 0.2) is 0 Å². The summed E-state index contributed by atoms with van der Waals surface area (Å²) in [6, 6.07) is 9.93. The number of carbonyl (C=O) groups excluding carboxylic acids is 1. The number of carbonyl (C=O) groups is 1. The van der Waals surface area contributed by atoms with E-state index in [1.54, 1.807) is 45.2 Å². The number of esters is 1. The number of hydrogen-bond donors (Lipinski definition) is 1. The molecule has 2 aromatic carbocycles. The molecule has 3 aromatic rings. The van der Waals surface area contributed by atoms with Crippen molar-refractivity contribution in [1.82, 2.24) is 4.90 Å². The first-order valence-corrected chi connectivity index (χ1v) is 11.4. The summed E-state index contributed by atoms with van der Waals surface area (Å²) in [7, 11) is 1.58. The van der Waals surface area contributed by atoms with E-state index in [0.717, 1.165) is 19.4 Å². The zero-order chi connectivity index (χ0) is 24.2. The summed E-state index contributed by atoms with van der Waals surface area (Å²) in [4.78, 5) is 27.6. The third-order valence-corrected chi connectivity index (χ3v) is 6.05. The third-order valence-electron chi connectivity index (χ3n) is 6.05. The molecule has 34 heavy (non-hydrogen) atoms. The van der Waals surface area contributed by atoms with Crippen molar-refractivity contribution in [1.29, 1.82) is 0 Å². The zero-order valence-corrected chi connectivity index (χ0v) is 19.6. The zero-order valence-electron chi connectivity index (χ0n) is 19.6. The fraction of sp³-hybridized carbons (Fsp3) is 0.385. The lowest BCUT2D eigenvalue weighted by molar-refractivity contribution is -0.150. The van der Waals surface area contributed by atoms with Gasteiger partial charge in [-0.3, -0.25) is 14.5 Å². The van der Waals surface area contributed by atoms with Crippen molar-refractivity contribution in [2.45, 2.75) is 33.2 Å². The van der Waals surface area contributed by atoms with Crippen LogP contribution in [0.1, 0.15) is 31.1 Å². The van der Waals surface area contributed by atoms with Gasteiger partial charge in [0.05, 0.1) is 30.6 Å². The Morgan fingerprint density at radius 1 is 1.18 bits per heavy atom. The summed E-state index contributed by atoms with van der Waals surface area (Å²) in [6.45, 7) is 5.45. The number of aromatic hydroxyl groups is 1. The smallest absolute Gasteiger partial charge is 0.310 e. The molecule has 180 valence electrons. The van der Waals surface area contributed by atoms with E-state index in [9.17, 15) is 14.7 Å². The SMILES string of the molecule is CCOC(=O)C1CCCN(Cc2c(O)ccc3c(=O)c(Oc4ccc(OC)cc4)c(C)oc23)C1. The van der Waals surface area contributed by atoms with E-state index in [1.165, 1.54) is 12.1 Å². The normalized spacial score (nSPS) is 16.4. The van der Waals surface area contributed by atoms with E-state index in [1.807, 2.05) is 0 Å². The lowest BCUT2D eigenvalue weighted by Crippen LogP contribution is -2.39. The van der Waals surface area contributed by atoms with E-state index in [2.05, 4.69) is 4.90 Å². The van der Waals surface area contributed by atoms with E-state index in [4.69, 9.17) is 18.6 Å². The van der Waals surface area contributed by atoms with Crippen molar-refractivity contribution < 1.29 is 28.5 Å². The maximum absolute atomic E-state index is 13.3. The second-order valence-electron chi connectivity index (χ2n) is 8.36. The van der Waals surface area contributed by atoms with Crippen LogP contribution < -0.4 is 14.9 Å². The average molecular weight is 468 g/mol. The molecular weight excluding hydrogens is 438 g/mol. The Balaban J connectivity index is 1.64. The summed E-state index contributed by atoms with van der Waals surface area (Å²) in [5, 5.41) is 10.9. The fourth-order valence-electron chi connectivity index (χ4n) is 4.30. The lowest BCUT2D eigenvalue weighted by Gasteiger charge is -2.31. The van der Waals surface area contributed by atoms with Crippen molar-refractivity contribution in [3.05, 3.63) is 57.9 Å². The summed E-state index contributed by atoms with van der Waals surface area (Å²) >= 11 is 0. The minimum Gasteiger partial charge on any atom is -0.507 e. The van der Waals surface area contributed by atoms with Gasteiger partial charge in [-0.25, -0.2) is 0 Å². The average Bonchev–Trinajstić information content (AvgIpc) is 2.84. The van der Waals surface area contributed by atoms with Crippen LogP contribution >= 0.6 is 0 Å². The lowest BCUT2D eigenvalue weighted by atomic mass is 9.97. The predicted octanol–water partition coefficient (Wildman–Crippen LogP) is 4.38. The van der Waals surface area contributed by atoms with Crippen LogP contribution in [0.2, 0.25) is 0 Å². The maximum Gasteiger partial charge on any atom is 0.310 e. The predicted molar refractivity (Wildman–Crippen MR) is 127 cm³/mol. The summed E-state index contributed by atoms with van der Waals surface area (Å²) in [5.74, 6) is 1.20. The molecule has 0 radical (unpaired) electrons. The van der Waals surface area contributed by atoms with Crippen LogP contribution in [0, 0.1) is 12.8 Å². The van der Waals surface area contributed by atoms with Crippen LogP contribution in [0.5, 0.6) is 23.0 Å². The number of phenols is 1. The molecule has 8 heteroatoms. The maximum atomic E-state index is 13.3. The number of hydrogen-bond acceptors (Lipinski definition) is 8. The highest BCUT2D eigenvalue weighted by atomic mass is 16.5. The molecule has 2 heterocycles.